The molecule has 268 valence electrons. The van der Waals surface area contributed by atoms with E-state index in [2.05, 4.69) is 25.4 Å². The number of carbonyl (C=O) groups excluding carboxylic acids is 1. The van der Waals surface area contributed by atoms with Crippen LogP contribution in [0.1, 0.15) is 36.6 Å². The molecule has 1 aliphatic rings. The number of benzene rings is 2. The number of piperidine rings is 1. The zero-order chi connectivity index (χ0) is 36.6. The van der Waals surface area contributed by atoms with Crippen LogP contribution in [-0.2, 0) is 27.5 Å². The van der Waals surface area contributed by atoms with Crippen LogP contribution in [0.5, 0.6) is 0 Å². The number of halogens is 3. The van der Waals surface area contributed by atoms with Gasteiger partial charge in [-0.1, -0.05) is 53.7 Å². The van der Waals surface area contributed by atoms with Crippen LogP contribution in [0.2, 0.25) is 0 Å². The number of nitrogens with one attached hydrogen (secondary N) is 1. The molecule has 2 aromatic carbocycles. The molecule has 1 fully saturated rings. The van der Waals surface area contributed by atoms with Gasteiger partial charge in [-0.25, -0.2) is 32.1 Å². The van der Waals surface area contributed by atoms with E-state index >= 15 is 0 Å². The summed E-state index contributed by atoms with van der Waals surface area (Å²) in [5.74, 6) is -0.128. The zero-order valence-electron chi connectivity index (χ0n) is 27.9. The Morgan fingerprint density at radius 3 is 2.42 bits per heavy atom. The summed E-state index contributed by atoms with van der Waals surface area (Å²) in [6, 6.07) is 19.2. The molecule has 1 N–H and O–H groups in total. The number of fused-ring (bicyclic) bond motifs is 1. The molecule has 0 unspecified atom stereocenters. The van der Waals surface area contributed by atoms with Gasteiger partial charge in [-0.3, -0.25) is 0 Å². The molecule has 5 heterocycles. The molecule has 7 rings (SSSR count). The van der Waals surface area contributed by atoms with E-state index in [-0.39, 0.29) is 46.6 Å². The fourth-order valence-electron chi connectivity index (χ4n) is 6.17. The first kappa shape index (κ1) is 34.7. The van der Waals surface area contributed by atoms with Crippen LogP contribution in [0.3, 0.4) is 0 Å². The second kappa shape index (κ2) is 13.7. The molecule has 6 aromatic rings. The topological polar surface area (TPSA) is 145 Å². The first-order chi connectivity index (χ1) is 24.9. The predicted molar refractivity (Wildman–Crippen MR) is 184 cm³/mol. The molecule has 0 spiro atoms. The third-order valence-electron chi connectivity index (χ3n) is 8.95. The Morgan fingerprint density at radius 2 is 1.73 bits per heavy atom. The highest BCUT2D eigenvalue weighted by molar-refractivity contribution is 7.90. The van der Waals surface area contributed by atoms with Crippen LogP contribution in [0.15, 0.2) is 101 Å². The van der Waals surface area contributed by atoms with Gasteiger partial charge in [0.05, 0.1) is 27.5 Å². The molecule has 4 aromatic heterocycles. The van der Waals surface area contributed by atoms with E-state index in [0.717, 1.165) is 15.7 Å². The summed E-state index contributed by atoms with van der Waals surface area (Å²) in [6.07, 6.45) is -1.13. The number of aromatic nitrogens is 5. The van der Waals surface area contributed by atoms with Gasteiger partial charge in [-0.15, -0.1) is 0 Å². The van der Waals surface area contributed by atoms with Crippen molar-refractivity contribution < 1.29 is 35.6 Å². The largest absolute Gasteiger partial charge is 0.445 e. The second-order valence-corrected chi connectivity index (χ2v) is 14.3. The van der Waals surface area contributed by atoms with Crippen LogP contribution in [0.25, 0.3) is 33.5 Å². The fraction of sp³-hybridized carbons (Fsp3) is 0.250. The van der Waals surface area contributed by atoms with Crippen molar-refractivity contribution in [2.24, 2.45) is 0 Å². The maximum atomic E-state index is 14.6. The second-order valence-electron chi connectivity index (χ2n) is 12.5. The summed E-state index contributed by atoms with van der Waals surface area (Å²) in [7, 11) is -4.35. The molecule has 16 heteroatoms. The predicted octanol–water partition coefficient (Wildman–Crippen LogP) is 7.31. The van der Waals surface area contributed by atoms with Crippen molar-refractivity contribution in [3.8, 4) is 22.5 Å². The van der Waals surface area contributed by atoms with Gasteiger partial charge in [0.15, 0.2) is 5.65 Å². The summed E-state index contributed by atoms with van der Waals surface area (Å²) < 4.78 is 83.2. The summed E-state index contributed by atoms with van der Waals surface area (Å²) in [4.78, 5) is 27.4. The van der Waals surface area contributed by atoms with Gasteiger partial charge in [0.25, 0.3) is 10.0 Å². The number of alkyl halides is 3. The van der Waals surface area contributed by atoms with E-state index in [4.69, 9.17) is 9.26 Å². The summed E-state index contributed by atoms with van der Waals surface area (Å²) >= 11 is 0. The molecule has 0 radical (unpaired) electrons. The normalized spacial score (nSPS) is 16.6. The maximum absolute atomic E-state index is 14.6. The monoisotopic (exact) mass is 731 g/mol. The van der Waals surface area contributed by atoms with Crippen LogP contribution >= 0.6 is 0 Å². The first-order valence-electron chi connectivity index (χ1n) is 16.3. The van der Waals surface area contributed by atoms with Crippen molar-refractivity contribution in [2.75, 3.05) is 11.9 Å². The molecule has 0 saturated carbocycles. The number of hydrogen-bond donors (Lipinski definition) is 1. The number of rotatable bonds is 8. The van der Waals surface area contributed by atoms with E-state index in [1.807, 2.05) is 37.3 Å². The number of nitrogens with zero attached hydrogens (tertiary/aromatic N) is 6. The van der Waals surface area contributed by atoms with Crippen molar-refractivity contribution in [2.45, 2.75) is 56.5 Å². The molecule has 2 atom stereocenters. The summed E-state index contributed by atoms with van der Waals surface area (Å²) in [5.41, 5.74) is 0.145. The Labute approximate surface area is 296 Å². The van der Waals surface area contributed by atoms with E-state index in [1.165, 1.54) is 24.5 Å². The number of anilines is 1. The third kappa shape index (κ3) is 6.80. The van der Waals surface area contributed by atoms with Gasteiger partial charge in [-0.05, 0) is 56.5 Å². The summed E-state index contributed by atoms with van der Waals surface area (Å²) in [6.45, 7) is 3.86. The highest BCUT2D eigenvalue weighted by Gasteiger charge is 2.38. The molecular formula is C36H32F3N7O5S. The van der Waals surface area contributed by atoms with Gasteiger partial charge >= 0.3 is 12.3 Å². The lowest BCUT2D eigenvalue weighted by molar-refractivity contribution is -0.137. The molecule has 52 heavy (non-hydrogen) atoms. The Kier molecular flexibility index (Phi) is 9.16. The number of ether oxygens (including phenoxy) is 1. The highest BCUT2D eigenvalue weighted by atomic mass is 32.2. The minimum atomic E-state index is -4.90. The lowest BCUT2D eigenvalue weighted by Gasteiger charge is -2.37. The van der Waals surface area contributed by atoms with Crippen molar-refractivity contribution >= 4 is 33.1 Å². The number of likely N-dealkylation sites (tertiary alicyclic amines) is 1. The Bertz CT molecular complexity index is 2350. The van der Waals surface area contributed by atoms with E-state index < -0.39 is 39.6 Å². The first-order valence-corrected chi connectivity index (χ1v) is 17.8. The van der Waals surface area contributed by atoms with Crippen LogP contribution in [0.4, 0.5) is 23.9 Å². The molecule has 1 aliphatic heterocycles. The number of amides is 1. The number of pyridine rings is 1. The number of aryl methyl sites for hydroxylation is 1. The number of carbonyl (C=O) groups is 1. The molecule has 1 amide bonds. The van der Waals surface area contributed by atoms with Gasteiger partial charge in [0, 0.05) is 42.0 Å². The summed E-state index contributed by atoms with van der Waals surface area (Å²) in [5, 5.41) is 7.06. The average molecular weight is 732 g/mol. The smallest absolute Gasteiger partial charge is 0.419 e. The third-order valence-corrected chi connectivity index (χ3v) is 10.6. The molecular weight excluding hydrogens is 700 g/mol. The van der Waals surface area contributed by atoms with Gasteiger partial charge in [-0.2, -0.15) is 13.2 Å². The standard InChI is InChI=1S/C36H32F3N7O5S/c1-22-13-14-25(18-45(22)35(47)50-20-24-9-5-3-6-10-24)41-34-40-17-30(36(37,38)39)32(43-34)28-19-46(52(48,49)26-11-7-4-8-12-26)33-27(28)15-16-31(42-33)29-21-51-44-23(29)2/h3-12,15-17,19,21-22,25H,13-14,18,20H2,1-2H3,(H,40,41,43)/t22-,25-/m0/s1. The van der Waals surface area contributed by atoms with Crippen LogP contribution < -0.4 is 5.32 Å². The molecule has 1 saturated heterocycles. The average Bonchev–Trinajstić information content (AvgIpc) is 3.75. The maximum Gasteiger partial charge on any atom is 0.419 e. The lowest BCUT2D eigenvalue weighted by atomic mass is 10.00. The van der Waals surface area contributed by atoms with Crippen molar-refractivity contribution in [1.82, 2.24) is 29.0 Å². The van der Waals surface area contributed by atoms with Crippen molar-refractivity contribution in [1.29, 1.82) is 0 Å². The van der Waals surface area contributed by atoms with Crippen molar-refractivity contribution in [3.63, 3.8) is 0 Å². The van der Waals surface area contributed by atoms with Crippen LogP contribution in [0, 0.1) is 6.92 Å². The quantitative estimate of drug-likeness (QED) is 0.169. The Morgan fingerprint density at radius 1 is 1.00 bits per heavy atom. The SMILES string of the molecule is Cc1nocc1-c1ccc2c(-c3nc(N[C@H]4CC[C@H](C)N(C(=O)OCc5ccccc5)C4)ncc3C(F)(F)F)cn(S(=O)(=O)c3ccccc3)c2n1. The van der Waals surface area contributed by atoms with Crippen molar-refractivity contribution in [3.05, 3.63) is 108 Å². The van der Waals surface area contributed by atoms with Gasteiger partial charge < -0.3 is 19.5 Å². The van der Waals surface area contributed by atoms with E-state index in [1.54, 1.807) is 36.1 Å². The Balaban J connectivity index is 1.26. The van der Waals surface area contributed by atoms with E-state index in [0.29, 0.717) is 36.0 Å². The minimum absolute atomic E-state index is 0.0914. The Hall–Kier alpha value is -5.77. The van der Waals surface area contributed by atoms with E-state index in [9.17, 15) is 26.4 Å². The molecule has 12 nitrogen and oxygen atoms in total. The minimum Gasteiger partial charge on any atom is -0.445 e. The molecule has 0 aliphatic carbocycles. The van der Waals surface area contributed by atoms with Crippen LogP contribution in [-0.4, -0.2) is 62.1 Å². The lowest BCUT2D eigenvalue weighted by Crippen LogP contribution is -2.50. The van der Waals surface area contributed by atoms with Gasteiger partial charge in [0.2, 0.25) is 5.95 Å². The zero-order valence-corrected chi connectivity index (χ0v) is 28.7. The molecule has 0 bridgehead atoms. The fourth-order valence-corrected chi connectivity index (χ4v) is 7.51. The number of hydrogen-bond acceptors (Lipinski definition) is 10. The highest BCUT2D eigenvalue weighted by Crippen LogP contribution is 2.41. The van der Waals surface area contributed by atoms with Gasteiger partial charge in [0.1, 0.15) is 18.4 Å².